The van der Waals surface area contributed by atoms with Crippen molar-refractivity contribution in [3.8, 4) is 0 Å². The van der Waals surface area contributed by atoms with Crippen molar-refractivity contribution in [3.05, 3.63) is 57.6 Å². The number of rotatable bonds is 4. The predicted octanol–water partition coefficient (Wildman–Crippen LogP) is 5.12. The normalized spacial score (nSPS) is 10.3. The molecule has 0 fully saturated rings. The van der Waals surface area contributed by atoms with Crippen molar-refractivity contribution in [2.45, 2.75) is 11.8 Å². The van der Waals surface area contributed by atoms with Gasteiger partial charge in [-0.2, -0.15) is 0 Å². The van der Waals surface area contributed by atoms with Crippen LogP contribution in [-0.2, 0) is 0 Å². The zero-order chi connectivity index (χ0) is 14.7. The number of anilines is 1. The summed E-state index contributed by atoms with van der Waals surface area (Å²) in [5.41, 5.74) is 1.73. The molecule has 0 spiro atoms. The van der Waals surface area contributed by atoms with E-state index in [4.69, 9.17) is 28.3 Å². The Morgan fingerprint density at radius 2 is 1.80 bits per heavy atom. The van der Waals surface area contributed by atoms with Crippen LogP contribution in [0, 0.1) is 6.92 Å². The fraction of sp³-hybridized carbons (Fsp3) is 0.0714. The number of benzene rings is 2. The average molecular weight is 328 g/mol. The number of nitrogens with one attached hydrogen (secondary N) is 1. The molecule has 0 bridgehead atoms. The maximum absolute atomic E-state index is 11.2. The molecule has 3 nitrogen and oxygen atoms in total. The highest BCUT2D eigenvalue weighted by Gasteiger charge is 2.10. The van der Waals surface area contributed by atoms with Crippen LogP contribution in [0.25, 0.3) is 0 Å². The molecule has 0 saturated heterocycles. The number of carboxylic acid groups (broad SMARTS) is 1. The van der Waals surface area contributed by atoms with E-state index < -0.39 is 5.97 Å². The first kappa shape index (κ1) is 15.0. The van der Waals surface area contributed by atoms with Gasteiger partial charge < -0.3 is 9.83 Å². The molecule has 0 radical (unpaired) electrons. The number of aromatic carboxylic acids is 1. The van der Waals surface area contributed by atoms with Crippen molar-refractivity contribution in [1.29, 1.82) is 0 Å². The van der Waals surface area contributed by atoms with Crippen molar-refractivity contribution in [2.75, 3.05) is 4.72 Å². The molecule has 0 unspecified atom stereocenters. The predicted molar refractivity (Wildman–Crippen MR) is 84.1 cm³/mol. The maximum atomic E-state index is 11.2. The smallest absolute Gasteiger partial charge is 0.337 e. The van der Waals surface area contributed by atoms with Crippen LogP contribution < -0.4 is 4.72 Å². The molecule has 2 aromatic carbocycles. The second-order valence-electron chi connectivity index (χ2n) is 4.16. The molecule has 0 aliphatic rings. The van der Waals surface area contributed by atoms with Crippen molar-refractivity contribution < 1.29 is 9.90 Å². The van der Waals surface area contributed by atoms with Crippen molar-refractivity contribution in [1.82, 2.24) is 0 Å². The number of hydrogen-bond donors (Lipinski definition) is 2. The number of halogens is 2. The second-order valence-corrected chi connectivity index (χ2v) is 5.92. The van der Waals surface area contributed by atoms with Crippen LogP contribution in [0.3, 0.4) is 0 Å². The summed E-state index contributed by atoms with van der Waals surface area (Å²) >= 11 is 13.1. The maximum Gasteiger partial charge on any atom is 0.337 e. The Morgan fingerprint density at radius 3 is 2.40 bits per heavy atom. The Labute approximate surface area is 131 Å². The van der Waals surface area contributed by atoms with E-state index in [0.717, 1.165) is 10.5 Å². The molecule has 2 rings (SSSR count). The number of hydrogen-bond acceptors (Lipinski definition) is 3. The second kappa shape index (κ2) is 6.39. The first-order valence-electron chi connectivity index (χ1n) is 5.68. The highest BCUT2D eigenvalue weighted by molar-refractivity contribution is 8.00. The van der Waals surface area contributed by atoms with Crippen molar-refractivity contribution >= 4 is 46.8 Å². The molecule has 6 heteroatoms. The van der Waals surface area contributed by atoms with Gasteiger partial charge in [0.15, 0.2) is 0 Å². The quantitative estimate of drug-likeness (QED) is 0.765. The van der Waals surface area contributed by atoms with E-state index in [2.05, 4.69) is 4.72 Å². The number of carbonyl (C=O) groups is 1. The van der Waals surface area contributed by atoms with Crippen LogP contribution >= 0.6 is 35.1 Å². The Morgan fingerprint density at radius 1 is 1.15 bits per heavy atom. The van der Waals surface area contributed by atoms with Crippen LogP contribution in [0.5, 0.6) is 0 Å². The van der Waals surface area contributed by atoms with Crippen LogP contribution in [0.1, 0.15) is 15.9 Å². The van der Waals surface area contributed by atoms with E-state index in [0.29, 0.717) is 15.7 Å². The van der Waals surface area contributed by atoms with Crippen molar-refractivity contribution in [2.24, 2.45) is 0 Å². The fourth-order valence-corrected chi connectivity index (χ4v) is 3.05. The Kier molecular flexibility index (Phi) is 4.81. The summed E-state index contributed by atoms with van der Waals surface area (Å²) in [6, 6.07) is 10.3. The lowest BCUT2D eigenvalue weighted by atomic mass is 10.1. The van der Waals surface area contributed by atoms with Gasteiger partial charge in [-0.1, -0.05) is 29.3 Å². The van der Waals surface area contributed by atoms with E-state index in [-0.39, 0.29) is 5.56 Å². The van der Waals surface area contributed by atoms with Gasteiger partial charge in [0.05, 0.1) is 11.3 Å². The molecule has 0 aliphatic carbocycles. The molecule has 104 valence electrons. The molecule has 0 saturated carbocycles. The van der Waals surface area contributed by atoms with Crippen LogP contribution in [0.4, 0.5) is 5.69 Å². The fourth-order valence-electron chi connectivity index (χ4n) is 1.63. The SMILES string of the molecule is Cc1ccc(C(=O)O)c(NSc2cc(Cl)cc(Cl)c2)c1. The van der Waals surface area contributed by atoms with Gasteiger partial charge in [-0.05, 0) is 54.8 Å². The van der Waals surface area contributed by atoms with Gasteiger partial charge in [0.25, 0.3) is 0 Å². The average Bonchev–Trinajstić information content (AvgIpc) is 2.35. The molecule has 0 amide bonds. The summed E-state index contributed by atoms with van der Waals surface area (Å²) in [6.45, 7) is 1.90. The van der Waals surface area contributed by atoms with Crippen molar-refractivity contribution in [3.63, 3.8) is 0 Å². The topological polar surface area (TPSA) is 49.3 Å². The van der Waals surface area contributed by atoms with Gasteiger partial charge in [-0.3, -0.25) is 0 Å². The minimum atomic E-state index is -0.975. The summed E-state index contributed by atoms with van der Waals surface area (Å²) in [4.78, 5) is 12.0. The first-order chi connectivity index (χ1) is 9.45. The zero-order valence-electron chi connectivity index (χ0n) is 10.5. The van der Waals surface area contributed by atoms with E-state index in [1.54, 1.807) is 36.4 Å². The summed E-state index contributed by atoms with van der Waals surface area (Å²) in [5.74, 6) is -0.975. The minimum Gasteiger partial charge on any atom is -0.478 e. The van der Waals surface area contributed by atoms with Gasteiger partial charge in [-0.25, -0.2) is 4.79 Å². The minimum absolute atomic E-state index is 0.219. The molecule has 20 heavy (non-hydrogen) atoms. The third kappa shape index (κ3) is 3.82. The Balaban J connectivity index is 2.22. The van der Waals surface area contributed by atoms with Gasteiger partial charge in [0, 0.05) is 14.9 Å². The highest BCUT2D eigenvalue weighted by atomic mass is 35.5. The number of carboxylic acids is 1. The largest absolute Gasteiger partial charge is 0.478 e. The lowest BCUT2D eigenvalue weighted by Crippen LogP contribution is -2.01. The third-order valence-electron chi connectivity index (χ3n) is 2.52. The van der Waals surface area contributed by atoms with Gasteiger partial charge in [0.2, 0.25) is 0 Å². The lowest BCUT2D eigenvalue weighted by Gasteiger charge is -2.10. The lowest BCUT2D eigenvalue weighted by molar-refractivity contribution is 0.0698. The molecule has 2 N–H and O–H groups in total. The van der Waals surface area contributed by atoms with E-state index in [1.807, 2.05) is 6.92 Å². The van der Waals surface area contributed by atoms with Crippen LogP contribution in [0.2, 0.25) is 10.0 Å². The zero-order valence-corrected chi connectivity index (χ0v) is 12.8. The molecule has 0 aliphatic heterocycles. The van der Waals surface area contributed by atoms with Gasteiger partial charge in [0.1, 0.15) is 0 Å². The summed E-state index contributed by atoms with van der Waals surface area (Å²) in [7, 11) is 0. The summed E-state index contributed by atoms with van der Waals surface area (Å²) < 4.78 is 3.02. The van der Waals surface area contributed by atoms with E-state index >= 15 is 0 Å². The van der Waals surface area contributed by atoms with E-state index in [1.165, 1.54) is 11.9 Å². The first-order valence-corrected chi connectivity index (χ1v) is 7.26. The standard InChI is InChI=1S/C14H11Cl2NO2S/c1-8-2-3-12(14(18)19)13(4-8)17-20-11-6-9(15)5-10(16)7-11/h2-7,17H,1H3,(H,18,19). The van der Waals surface area contributed by atoms with Crippen LogP contribution in [-0.4, -0.2) is 11.1 Å². The third-order valence-corrected chi connectivity index (χ3v) is 3.75. The molecular formula is C14H11Cl2NO2S. The molecule has 0 atom stereocenters. The van der Waals surface area contributed by atoms with Gasteiger partial charge in [-0.15, -0.1) is 0 Å². The van der Waals surface area contributed by atoms with Gasteiger partial charge >= 0.3 is 5.97 Å². The number of aryl methyl sites for hydroxylation is 1. The molecule has 2 aromatic rings. The highest BCUT2D eigenvalue weighted by Crippen LogP contribution is 2.29. The summed E-state index contributed by atoms with van der Waals surface area (Å²) in [5, 5.41) is 10.2. The van der Waals surface area contributed by atoms with E-state index in [9.17, 15) is 4.79 Å². The molecule has 0 aromatic heterocycles. The molecular weight excluding hydrogens is 317 g/mol. The monoisotopic (exact) mass is 327 g/mol. The van der Waals surface area contributed by atoms with Crippen LogP contribution in [0.15, 0.2) is 41.3 Å². The summed E-state index contributed by atoms with van der Waals surface area (Å²) in [6.07, 6.45) is 0. The Hall–Kier alpha value is -1.36. The molecule has 0 heterocycles. The Bertz CT molecular complexity index is 641.